The second kappa shape index (κ2) is 14.4. The van der Waals surface area contributed by atoms with Gasteiger partial charge in [-0.1, -0.05) is 45.0 Å². The number of ketones is 1. The van der Waals surface area contributed by atoms with Crippen molar-refractivity contribution >= 4 is 32.0 Å². The van der Waals surface area contributed by atoms with Crippen molar-refractivity contribution in [3.63, 3.8) is 0 Å². The van der Waals surface area contributed by atoms with Crippen LogP contribution in [-0.4, -0.2) is 68.3 Å². The number of amides is 3. The Bertz CT molecular complexity index is 1310. The minimum absolute atomic E-state index is 0.0172. The van der Waals surface area contributed by atoms with Gasteiger partial charge in [-0.2, -0.15) is 0 Å². The van der Waals surface area contributed by atoms with Gasteiger partial charge in [0.2, 0.25) is 5.91 Å². The minimum atomic E-state index is -2.12. The Kier molecular flexibility index (Phi) is 11.4. The van der Waals surface area contributed by atoms with Gasteiger partial charge in [-0.15, -0.1) is 0 Å². The van der Waals surface area contributed by atoms with E-state index in [1.807, 2.05) is 12.1 Å². The zero-order valence-electron chi connectivity index (χ0n) is 27.2. The summed E-state index contributed by atoms with van der Waals surface area (Å²) in [4.78, 5) is 51.2. The molecule has 1 saturated heterocycles. The van der Waals surface area contributed by atoms with Gasteiger partial charge in [0.05, 0.1) is 26.1 Å². The van der Waals surface area contributed by atoms with Gasteiger partial charge in [0.1, 0.15) is 17.5 Å². The first kappa shape index (κ1) is 34.8. The summed E-state index contributed by atoms with van der Waals surface area (Å²) < 4.78 is 17.2. The quantitative estimate of drug-likeness (QED) is 0.329. The van der Waals surface area contributed by atoms with Crippen LogP contribution < -0.4 is 15.4 Å². The lowest BCUT2D eigenvalue weighted by Gasteiger charge is -2.37. The first-order valence-electron chi connectivity index (χ1n) is 15.0. The van der Waals surface area contributed by atoms with E-state index >= 15 is 0 Å². The van der Waals surface area contributed by atoms with Crippen molar-refractivity contribution in [2.45, 2.75) is 90.9 Å². The van der Waals surface area contributed by atoms with Crippen molar-refractivity contribution in [3.05, 3.63) is 65.2 Å². The van der Waals surface area contributed by atoms with Crippen molar-refractivity contribution in [2.24, 2.45) is 0 Å². The molecule has 0 aromatic heterocycles. The summed E-state index contributed by atoms with van der Waals surface area (Å²) in [6.45, 7) is 17.2. The van der Waals surface area contributed by atoms with E-state index in [-0.39, 0.29) is 42.2 Å². The fraction of sp³-hybridized carbons (Fsp3) is 0.515. The molecule has 1 fully saturated rings. The third-order valence-electron chi connectivity index (χ3n) is 7.70. The molecule has 44 heavy (non-hydrogen) atoms. The van der Waals surface area contributed by atoms with Crippen LogP contribution in [0.2, 0.25) is 18.1 Å². The number of likely N-dealkylation sites (tertiary alicyclic amines) is 1. The number of rotatable bonds is 11. The van der Waals surface area contributed by atoms with E-state index in [2.05, 4.69) is 44.5 Å². The highest BCUT2D eigenvalue weighted by Gasteiger charge is 2.43. The fourth-order valence-electron chi connectivity index (χ4n) is 4.15. The molecule has 240 valence electrons. The van der Waals surface area contributed by atoms with Gasteiger partial charge >= 0.3 is 6.09 Å². The Morgan fingerprint density at radius 1 is 0.886 bits per heavy atom. The molecule has 0 spiro atoms. The number of ether oxygens (including phenoxy) is 2. The number of Topliss-reactive ketones (excluding diaryl/α,β-unsaturated/α-hetero) is 1. The molecule has 1 aliphatic rings. The highest BCUT2D eigenvalue weighted by Crippen LogP contribution is 2.38. The third-order valence-corrected chi connectivity index (χ3v) is 12.2. The summed E-state index contributed by atoms with van der Waals surface area (Å²) in [5, 5.41) is 5.57. The predicted molar refractivity (Wildman–Crippen MR) is 171 cm³/mol. The van der Waals surface area contributed by atoms with Gasteiger partial charge < -0.3 is 29.4 Å². The molecular formula is C33H47N3O7Si. The number of carbonyl (C=O) groups excluding carboxylic acids is 4. The molecule has 0 aliphatic carbocycles. The summed E-state index contributed by atoms with van der Waals surface area (Å²) in [6, 6.07) is 14.3. The van der Waals surface area contributed by atoms with Crippen molar-refractivity contribution in [1.29, 1.82) is 0 Å². The van der Waals surface area contributed by atoms with E-state index in [0.29, 0.717) is 30.9 Å². The van der Waals surface area contributed by atoms with Crippen LogP contribution in [0, 0.1) is 0 Å². The molecule has 1 heterocycles. The molecule has 0 bridgehead atoms. The second-order valence-corrected chi connectivity index (χ2v) is 18.3. The van der Waals surface area contributed by atoms with Gasteiger partial charge in [-0.05, 0) is 74.3 Å². The molecule has 0 radical (unpaired) electrons. The number of hydrogen-bond acceptors (Lipinski definition) is 7. The number of benzene rings is 2. The third kappa shape index (κ3) is 10.5. The van der Waals surface area contributed by atoms with E-state index in [4.69, 9.17) is 13.9 Å². The van der Waals surface area contributed by atoms with Crippen LogP contribution in [0.5, 0.6) is 5.75 Å². The molecule has 1 aliphatic heterocycles. The van der Waals surface area contributed by atoms with Crippen LogP contribution in [0.15, 0.2) is 48.5 Å². The molecule has 3 rings (SSSR count). The lowest BCUT2D eigenvalue weighted by atomic mass is 10.1. The zero-order chi connectivity index (χ0) is 32.7. The molecule has 10 nitrogen and oxygen atoms in total. The molecule has 2 aromatic rings. The van der Waals surface area contributed by atoms with Crippen LogP contribution >= 0.6 is 0 Å². The number of carbonyl (C=O) groups is 4. The molecule has 2 aromatic carbocycles. The summed E-state index contributed by atoms with van der Waals surface area (Å²) in [6.07, 6.45) is -0.889. The summed E-state index contributed by atoms with van der Waals surface area (Å²) in [7, 11) is -2.12. The topological polar surface area (TPSA) is 123 Å². The molecule has 0 saturated carbocycles. The molecule has 2 N–H and O–H groups in total. The molecule has 11 heteroatoms. The first-order valence-corrected chi connectivity index (χ1v) is 17.9. The molecular weight excluding hydrogens is 578 g/mol. The maximum absolute atomic E-state index is 12.7. The number of nitrogens with zero attached hydrogens (tertiary/aromatic N) is 1. The molecule has 3 amide bonds. The standard InChI is InChI=1S/C33H47N3O7Si/c1-32(2,3)42-31(40)35-20-23-9-13-25(14-10-23)30(39)34-19-24-11-15-26(16-12-24)41-18-17-29(38)36-21-27(37)28(22-36)43-44(7,8)33(4,5)6/h9-16,28H,17-22H2,1-8H3,(H,34,39)(H,35,40). The van der Waals surface area contributed by atoms with Gasteiger partial charge in [0.15, 0.2) is 14.1 Å². The van der Waals surface area contributed by atoms with Crippen LogP contribution in [-0.2, 0) is 31.8 Å². The maximum Gasteiger partial charge on any atom is 0.407 e. The second-order valence-electron chi connectivity index (χ2n) is 13.6. The Morgan fingerprint density at radius 2 is 1.45 bits per heavy atom. The molecule has 1 unspecified atom stereocenters. The average molecular weight is 626 g/mol. The normalized spacial score (nSPS) is 15.6. The number of hydrogen-bond donors (Lipinski definition) is 2. The lowest BCUT2D eigenvalue weighted by Crippen LogP contribution is -2.46. The maximum atomic E-state index is 12.7. The van der Waals surface area contributed by atoms with Crippen molar-refractivity contribution in [3.8, 4) is 5.75 Å². The Hall–Kier alpha value is -3.70. The number of nitrogens with one attached hydrogen (secondary N) is 2. The van der Waals surface area contributed by atoms with Gasteiger partial charge in [-0.3, -0.25) is 14.4 Å². The van der Waals surface area contributed by atoms with E-state index in [1.165, 1.54) is 0 Å². The van der Waals surface area contributed by atoms with Gasteiger partial charge in [0.25, 0.3) is 5.91 Å². The van der Waals surface area contributed by atoms with E-state index in [1.54, 1.807) is 62.1 Å². The summed E-state index contributed by atoms with van der Waals surface area (Å²) >= 11 is 0. The Morgan fingerprint density at radius 3 is 2.02 bits per heavy atom. The minimum Gasteiger partial charge on any atom is -0.493 e. The van der Waals surface area contributed by atoms with Gasteiger partial charge in [0, 0.05) is 18.7 Å². The van der Waals surface area contributed by atoms with Crippen molar-refractivity contribution in [1.82, 2.24) is 15.5 Å². The van der Waals surface area contributed by atoms with Crippen LogP contribution in [0.3, 0.4) is 0 Å². The SMILES string of the molecule is CC(C)(C)OC(=O)NCc1ccc(C(=O)NCc2ccc(OCCC(=O)N3CC(=O)C(O[Si](C)(C)C(C)(C)C)C3)cc2)cc1. The highest BCUT2D eigenvalue weighted by atomic mass is 28.4. The highest BCUT2D eigenvalue weighted by molar-refractivity contribution is 6.74. The van der Waals surface area contributed by atoms with Crippen molar-refractivity contribution in [2.75, 3.05) is 19.7 Å². The lowest BCUT2D eigenvalue weighted by molar-refractivity contribution is -0.132. The monoisotopic (exact) mass is 625 g/mol. The first-order chi connectivity index (χ1) is 20.4. The molecule has 1 atom stereocenters. The number of alkyl carbamates (subject to hydrolysis) is 1. The Balaban J connectivity index is 1.38. The largest absolute Gasteiger partial charge is 0.493 e. The van der Waals surface area contributed by atoms with Crippen LogP contribution in [0.4, 0.5) is 4.79 Å². The van der Waals surface area contributed by atoms with Gasteiger partial charge in [-0.25, -0.2) is 4.79 Å². The van der Waals surface area contributed by atoms with Crippen LogP contribution in [0.25, 0.3) is 0 Å². The fourth-order valence-corrected chi connectivity index (χ4v) is 5.42. The van der Waals surface area contributed by atoms with E-state index in [0.717, 1.165) is 11.1 Å². The summed E-state index contributed by atoms with van der Waals surface area (Å²) in [5.74, 6) is 0.218. The smallest absolute Gasteiger partial charge is 0.407 e. The van der Waals surface area contributed by atoms with Crippen LogP contribution in [0.1, 0.15) is 69.4 Å². The average Bonchev–Trinajstić information content (AvgIpc) is 3.29. The Labute approximate surface area is 261 Å². The van der Waals surface area contributed by atoms with Crippen molar-refractivity contribution < 1.29 is 33.1 Å². The van der Waals surface area contributed by atoms with E-state index in [9.17, 15) is 19.2 Å². The summed E-state index contributed by atoms with van der Waals surface area (Å²) in [5.41, 5.74) is 1.68. The predicted octanol–water partition coefficient (Wildman–Crippen LogP) is 5.21. The zero-order valence-corrected chi connectivity index (χ0v) is 28.2. The van der Waals surface area contributed by atoms with E-state index < -0.39 is 26.1 Å².